The van der Waals surface area contributed by atoms with E-state index in [0.29, 0.717) is 35.6 Å². The van der Waals surface area contributed by atoms with E-state index < -0.39 is 20.0 Å². The molecule has 2 aromatic carbocycles. The average molecular weight is 481 g/mol. The third-order valence-electron chi connectivity index (χ3n) is 7.11. The van der Waals surface area contributed by atoms with Crippen LogP contribution in [-0.4, -0.2) is 49.8 Å². The van der Waals surface area contributed by atoms with Crippen LogP contribution >= 0.6 is 0 Å². The Kier molecular flexibility index (Phi) is 6.52. The molecule has 180 valence electrons. The molecule has 0 aliphatic carbocycles. The molecule has 7 nitrogen and oxygen atoms in total. The number of ether oxygens (including phenoxy) is 1. The van der Waals surface area contributed by atoms with Gasteiger partial charge in [-0.2, -0.15) is 0 Å². The van der Waals surface area contributed by atoms with E-state index in [1.165, 1.54) is 4.90 Å². The summed E-state index contributed by atoms with van der Waals surface area (Å²) in [5, 5.41) is 9.70. The van der Waals surface area contributed by atoms with Crippen molar-refractivity contribution in [3.63, 3.8) is 0 Å². The normalized spacial score (nSPS) is 26.1. The lowest BCUT2D eigenvalue weighted by Crippen LogP contribution is -2.46. The number of nitrogens with zero attached hydrogens (tertiary/aromatic N) is 2. The van der Waals surface area contributed by atoms with Gasteiger partial charge in [-0.3, -0.25) is 14.5 Å². The van der Waals surface area contributed by atoms with Crippen LogP contribution in [0.25, 0.3) is 0 Å². The van der Waals surface area contributed by atoms with Crippen molar-refractivity contribution >= 4 is 37.7 Å². The highest BCUT2D eigenvalue weighted by Gasteiger charge is 2.66. The van der Waals surface area contributed by atoms with Crippen LogP contribution in [0.2, 0.25) is 18.6 Å². The summed E-state index contributed by atoms with van der Waals surface area (Å²) in [6.45, 7) is 9.67. The fourth-order valence-electron chi connectivity index (χ4n) is 5.78. The summed E-state index contributed by atoms with van der Waals surface area (Å²) >= 11 is 0. The molecular formula is C26H32N2O5Si. The molecule has 1 spiro atoms. The van der Waals surface area contributed by atoms with Gasteiger partial charge < -0.3 is 19.5 Å². The highest BCUT2D eigenvalue weighted by Crippen LogP contribution is 2.60. The van der Waals surface area contributed by atoms with Gasteiger partial charge in [-0.25, -0.2) is 0 Å². The lowest BCUT2D eigenvalue weighted by Gasteiger charge is -2.32. The molecule has 0 bridgehead atoms. The second kappa shape index (κ2) is 9.11. The van der Waals surface area contributed by atoms with E-state index in [1.54, 1.807) is 11.0 Å². The monoisotopic (exact) mass is 480 g/mol. The fourth-order valence-corrected chi connectivity index (χ4v) is 8.39. The Morgan fingerprint density at radius 3 is 2.50 bits per heavy atom. The molecule has 2 aliphatic heterocycles. The fraction of sp³-hybridized carbons (Fsp3) is 0.385. The smallest absolute Gasteiger partial charge is 0.264 e. The van der Waals surface area contributed by atoms with Crippen molar-refractivity contribution in [2.75, 3.05) is 23.0 Å². The maximum atomic E-state index is 14.0. The molecule has 0 unspecified atom stereocenters. The van der Waals surface area contributed by atoms with E-state index in [4.69, 9.17) is 4.74 Å². The van der Waals surface area contributed by atoms with Gasteiger partial charge in [0.15, 0.2) is 13.9 Å². The largest absolute Gasteiger partial charge is 0.432 e. The highest BCUT2D eigenvalue weighted by molar-refractivity contribution is 6.71. The average Bonchev–Trinajstić information content (AvgIpc) is 3.23. The summed E-state index contributed by atoms with van der Waals surface area (Å²) in [6.07, 6.45) is 2.31. The minimum Gasteiger partial charge on any atom is -0.432 e. The molecule has 2 heterocycles. The Morgan fingerprint density at radius 2 is 1.91 bits per heavy atom. The Hall–Kier alpha value is -2.78. The lowest BCUT2D eigenvalue weighted by atomic mass is 9.82. The van der Waals surface area contributed by atoms with Crippen LogP contribution in [0.4, 0.5) is 17.1 Å². The van der Waals surface area contributed by atoms with E-state index in [-0.39, 0.29) is 24.0 Å². The van der Waals surface area contributed by atoms with Gasteiger partial charge >= 0.3 is 0 Å². The number of fused-ring (bicyclic) bond motifs is 2. The summed E-state index contributed by atoms with van der Waals surface area (Å²) < 4.78 is 6.57. The van der Waals surface area contributed by atoms with Gasteiger partial charge in [-0.05, 0) is 49.8 Å². The number of para-hydroxylation sites is 1. The summed E-state index contributed by atoms with van der Waals surface area (Å²) in [6, 6.07) is 14.8. The van der Waals surface area contributed by atoms with Crippen molar-refractivity contribution in [2.24, 2.45) is 5.92 Å². The predicted molar refractivity (Wildman–Crippen MR) is 135 cm³/mol. The minimum atomic E-state index is -2.76. The number of aliphatic hydroxyl groups excluding tert-OH is 1. The Morgan fingerprint density at radius 1 is 1.21 bits per heavy atom. The van der Waals surface area contributed by atoms with Gasteiger partial charge in [0.05, 0.1) is 11.8 Å². The quantitative estimate of drug-likeness (QED) is 0.342. The predicted octanol–water partition coefficient (Wildman–Crippen LogP) is 3.69. The summed E-state index contributed by atoms with van der Waals surface area (Å²) in [4.78, 5) is 40.4. The van der Waals surface area contributed by atoms with Crippen molar-refractivity contribution in [3.05, 3.63) is 66.7 Å². The van der Waals surface area contributed by atoms with Gasteiger partial charge in [-0.15, -0.1) is 6.58 Å². The van der Waals surface area contributed by atoms with Crippen LogP contribution in [0.15, 0.2) is 61.2 Å². The van der Waals surface area contributed by atoms with E-state index >= 15 is 0 Å². The molecule has 34 heavy (non-hydrogen) atoms. The van der Waals surface area contributed by atoms with Gasteiger partial charge in [-0.1, -0.05) is 31.2 Å². The first kappa shape index (κ1) is 24.3. The molecule has 4 atom stereocenters. The third-order valence-corrected chi connectivity index (χ3v) is 9.61. The van der Waals surface area contributed by atoms with Crippen LogP contribution in [0.1, 0.15) is 18.9 Å². The van der Waals surface area contributed by atoms with Crippen molar-refractivity contribution in [1.82, 2.24) is 0 Å². The van der Waals surface area contributed by atoms with Crippen molar-refractivity contribution < 1.29 is 24.2 Å². The van der Waals surface area contributed by atoms with Crippen LogP contribution in [0.3, 0.4) is 0 Å². The maximum absolute atomic E-state index is 14.0. The van der Waals surface area contributed by atoms with Crippen molar-refractivity contribution in [1.29, 1.82) is 0 Å². The zero-order valence-electron chi connectivity index (χ0n) is 19.8. The first-order valence-electron chi connectivity index (χ1n) is 11.6. The first-order valence-corrected chi connectivity index (χ1v) is 14.6. The molecule has 8 heteroatoms. The molecule has 1 saturated heterocycles. The topological polar surface area (TPSA) is 90.3 Å². The first-order chi connectivity index (χ1) is 16.2. The molecule has 0 saturated carbocycles. The van der Waals surface area contributed by atoms with Crippen molar-refractivity contribution in [2.45, 2.75) is 43.7 Å². The summed E-state index contributed by atoms with van der Waals surface area (Å²) in [5.74, 6) is -0.526. The number of aliphatic hydroxyl groups is 1. The summed E-state index contributed by atoms with van der Waals surface area (Å²) in [5.41, 5.74) is 1.15. The highest BCUT2D eigenvalue weighted by atomic mass is 28.4. The molecule has 1 fully saturated rings. The number of rotatable bonds is 8. The number of hydrogen-bond donors (Lipinski definition) is 2. The molecule has 4 rings (SSSR count). The Balaban J connectivity index is 1.89. The minimum absolute atomic E-state index is 0.0984. The van der Waals surface area contributed by atoms with Gasteiger partial charge in [0, 0.05) is 41.5 Å². The molecule has 0 radical (unpaired) electrons. The van der Waals surface area contributed by atoms with Crippen LogP contribution < -0.4 is 9.80 Å². The zero-order chi connectivity index (χ0) is 24.7. The molecule has 2 aromatic rings. The molecule has 2 amide bonds. The van der Waals surface area contributed by atoms with Gasteiger partial charge in [0.25, 0.3) is 5.91 Å². The number of anilines is 3. The second-order valence-electron chi connectivity index (χ2n) is 9.59. The van der Waals surface area contributed by atoms with Crippen LogP contribution in [0.5, 0.6) is 0 Å². The second-order valence-corrected chi connectivity index (χ2v) is 13.6. The Labute approximate surface area is 201 Å². The number of amides is 2. The number of hydrogen-bond acceptors (Lipinski definition) is 5. The number of carbonyl (C=O) groups excluding carboxylic acids is 2. The van der Waals surface area contributed by atoms with Gasteiger partial charge in [0.2, 0.25) is 6.41 Å². The van der Waals surface area contributed by atoms with Gasteiger partial charge in [0.1, 0.15) is 0 Å². The van der Waals surface area contributed by atoms with E-state index in [1.807, 2.05) is 68.5 Å². The molecular weight excluding hydrogens is 448 g/mol. The van der Waals surface area contributed by atoms with E-state index in [2.05, 4.69) is 6.58 Å². The number of benzene rings is 2. The maximum Gasteiger partial charge on any atom is 0.264 e. The SMILES string of the molecule is C=CCN1C(=O)[C@@]2(O[C@@H](CCO)[C@H]([Si](C)(C)O)[C@H]2C)c2cc(N(C=O)c3ccccc3)ccc21. The Bertz CT molecular complexity index is 1090. The number of carbonyl (C=O) groups is 2. The van der Waals surface area contributed by atoms with E-state index in [0.717, 1.165) is 6.41 Å². The third kappa shape index (κ3) is 3.71. The standard InChI is InChI=1S/C26H32N2O5Si/c1-5-14-27-22-12-11-20(28(17-30)19-9-7-6-8-10-19)16-21(22)26(25(27)31)18(2)24(34(3,4)32)23(33-26)13-15-29/h5-12,16-18,23-24,29,32H,1,13-15H2,2-4H3/t18-,23+,24-,26+/m1/s1. The lowest BCUT2D eigenvalue weighted by molar-refractivity contribution is -0.146. The zero-order valence-corrected chi connectivity index (χ0v) is 20.8. The van der Waals surface area contributed by atoms with Crippen molar-refractivity contribution in [3.8, 4) is 0 Å². The van der Waals surface area contributed by atoms with Crippen LogP contribution in [0, 0.1) is 5.92 Å². The molecule has 2 N–H and O–H groups in total. The van der Waals surface area contributed by atoms with E-state index in [9.17, 15) is 19.5 Å². The summed E-state index contributed by atoms with van der Waals surface area (Å²) in [7, 11) is -2.76. The molecule has 2 aliphatic rings. The molecule has 0 aromatic heterocycles. The van der Waals surface area contributed by atoms with Crippen LogP contribution in [-0.2, 0) is 19.9 Å².